The number of rotatable bonds is 52. The Labute approximate surface area is 567 Å². The molecule has 530 valence electrons. The lowest BCUT2D eigenvalue weighted by Crippen LogP contribution is -2.48. The van der Waals surface area contributed by atoms with E-state index in [2.05, 4.69) is 83.1 Å². The Bertz CT molecular complexity index is 2910. The number of nitrogens with zero attached hydrogens (tertiary/aromatic N) is 4. The average molecular weight is 1400 g/mol. The number of thioether (sulfide) groups is 1. The maximum atomic E-state index is 13.8. The van der Waals surface area contributed by atoms with Crippen molar-refractivity contribution in [2.24, 2.45) is 16.3 Å². The second-order valence-corrected chi connectivity index (χ2v) is 25.6. The number of azide groups is 1. The first-order valence-electron chi connectivity index (χ1n) is 31.7. The van der Waals surface area contributed by atoms with E-state index in [4.69, 9.17) is 44.1 Å². The summed E-state index contributed by atoms with van der Waals surface area (Å²) in [5.74, 6) is -3.19. The zero-order chi connectivity index (χ0) is 69.2. The standard InChI is InChI=1S/C60H94N14O18S3/c1-60(2,58(93)94)15-21-74(54(82)35-68-53(81)38-91-30-27-88-24-20-66-52(80)37-90-29-26-86-22-18-64-47(75)11-4-3-10-46-56-44(39-95-46)71-59(85)72-56)41-13-14-42-40(32-55(83)92-45(42)33-41)31-49(77)67-34-50(78)70-43(57(61)84)9-5-7-16-63-51(79)36-89-28-25-87-23-19-65-48(76)12-6-8-17-69-73-62/h13-14,32-33,43-44,46,56,58,93-94H,3-12,15-31,34-39H2,1-2H3,(H2,61,84)(H,63,79)(H,64,75)(H,65,76)(H,66,80)(H,67,77)(H,68,81)(H,70,78)(H2,71,72,85)/t43-,44-,46-,56-/m0/s1. The fourth-order valence-electron chi connectivity index (χ4n) is 9.43. The number of hydrogen-bond acceptors (Lipinski definition) is 22. The Morgan fingerprint density at radius 1 is 0.695 bits per heavy atom. The summed E-state index contributed by atoms with van der Waals surface area (Å²) in [6.07, 6.45) is 5.66. The van der Waals surface area contributed by atoms with Crippen LogP contribution in [-0.4, -0.2) is 225 Å². The number of unbranched alkanes of at least 4 members (excludes halogenated alkanes) is 3. The lowest BCUT2D eigenvalue weighted by molar-refractivity contribution is -0.129. The van der Waals surface area contributed by atoms with Crippen molar-refractivity contribution in [3.63, 3.8) is 0 Å². The molecule has 1 aromatic heterocycles. The molecule has 2 fully saturated rings. The third-order valence-electron chi connectivity index (χ3n) is 14.8. The van der Waals surface area contributed by atoms with Crippen LogP contribution >= 0.6 is 37.0 Å². The Morgan fingerprint density at radius 3 is 1.86 bits per heavy atom. The van der Waals surface area contributed by atoms with Crippen molar-refractivity contribution in [2.75, 3.05) is 142 Å². The highest BCUT2D eigenvalue weighted by atomic mass is 32.2. The van der Waals surface area contributed by atoms with Crippen molar-refractivity contribution in [1.82, 2.24) is 47.9 Å². The third kappa shape index (κ3) is 34.0. The smallest absolute Gasteiger partial charge is 0.336 e. The van der Waals surface area contributed by atoms with E-state index in [0.29, 0.717) is 87.5 Å². The molecule has 35 heteroatoms. The molecular formula is C60H94N14O18S3. The van der Waals surface area contributed by atoms with Crippen molar-refractivity contribution in [2.45, 2.75) is 119 Å². The van der Waals surface area contributed by atoms with Crippen LogP contribution in [0, 0.1) is 5.41 Å². The molecule has 2 aromatic rings. The van der Waals surface area contributed by atoms with E-state index in [1.165, 1.54) is 11.0 Å². The lowest BCUT2D eigenvalue weighted by Gasteiger charge is -2.31. The summed E-state index contributed by atoms with van der Waals surface area (Å²) < 4.78 is 37.6. The van der Waals surface area contributed by atoms with Gasteiger partial charge in [0, 0.05) is 95.8 Å². The second-order valence-electron chi connectivity index (χ2n) is 22.9. The number of nitrogens with one attached hydrogen (secondary N) is 9. The minimum atomic E-state index is -1.06. The van der Waals surface area contributed by atoms with E-state index in [1.54, 1.807) is 12.1 Å². The van der Waals surface area contributed by atoms with Crippen LogP contribution in [0.15, 0.2) is 38.6 Å². The molecule has 32 nitrogen and oxygen atoms in total. The normalized spacial score (nSPS) is 15.2. The SMILES string of the molecule is CC(C)(CCN(C(=O)CNC(=O)COCCOCCNC(=O)COCCOCCNC(=O)CCCC[C@@H]1SC[C@@H]2NC(=O)N[C@@H]21)c1ccc2c(CC(=O)NCC(=O)N[C@@H](CCCCNC(=O)COCCOCCNC(=O)CCCCN=[N+]=[N-])C(N)=O)cc(=O)oc2c1)C(S)S. The van der Waals surface area contributed by atoms with E-state index in [9.17, 15) is 52.7 Å². The van der Waals surface area contributed by atoms with Crippen LogP contribution in [0.1, 0.15) is 90.0 Å². The van der Waals surface area contributed by atoms with Gasteiger partial charge in [-0.05, 0) is 80.0 Å². The number of nitrogens with two attached hydrogens (primary N) is 1. The number of carbonyl (C=O) groups is 10. The van der Waals surface area contributed by atoms with Crippen LogP contribution in [0.4, 0.5) is 10.5 Å². The predicted molar refractivity (Wildman–Crippen MR) is 358 cm³/mol. The van der Waals surface area contributed by atoms with Gasteiger partial charge >= 0.3 is 11.7 Å². The number of urea groups is 1. The number of anilines is 1. The van der Waals surface area contributed by atoms with Gasteiger partial charge in [-0.25, -0.2) is 9.59 Å². The predicted octanol–water partition coefficient (Wildman–Crippen LogP) is 0.414. The molecule has 2 aliphatic rings. The zero-order valence-electron chi connectivity index (χ0n) is 54.0. The summed E-state index contributed by atoms with van der Waals surface area (Å²) >= 11 is 10.9. The fraction of sp³-hybridized carbons (Fsp3) is 0.683. The van der Waals surface area contributed by atoms with Gasteiger partial charge in [-0.2, -0.15) is 37.0 Å². The van der Waals surface area contributed by atoms with Gasteiger partial charge in [-0.15, -0.1) is 0 Å². The van der Waals surface area contributed by atoms with Crippen LogP contribution < -0.4 is 64.1 Å². The van der Waals surface area contributed by atoms with E-state index in [1.807, 2.05) is 25.6 Å². The number of fused-ring (bicyclic) bond motifs is 2. The minimum Gasteiger partial charge on any atom is -0.423 e. The summed E-state index contributed by atoms with van der Waals surface area (Å²) in [6.45, 7) is 5.46. The molecule has 11 N–H and O–H groups in total. The molecule has 0 spiro atoms. The number of amides is 11. The molecule has 0 radical (unpaired) electrons. The maximum Gasteiger partial charge on any atom is 0.336 e. The highest BCUT2D eigenvalue weighted by Gasteiger charge is 2.42. The molecule has 4 atom stereocenters. The molecule has 0 aliphatic carbocycles. The molecule has 1 aromatic carbocycles. The second kappa shape index (κ2) is 46.3. The summed E-state index contributed by atoms with van der Waals surface area (Å²) in [7, 11) is 0. The maximum absolute atomic E-state index is 13.8. The first kappa shape index (κ1) is 80.5. The monoisotopic (exact) mass is 1390 g/mol. The molecule has 2 saturated heterocycles. The van der Waals surface area contributed by atoms with Crippen molar-refractivity contribution in [3.05, 3.63) is 50.7 Å². The zero-order valence-corrected chi connectivity index (χ0v) is 56.7. The number of thiol groups is 2. The molecule has 4 rings (SSSR count). The number of primary amides is 1. The molecule has 3 heterocycles. The topological polar surface area (TPSA) is 443 Å². The fourth-order valence-corrected chi connectivity index (χ4v) is 11.2. The number of ether oxygens (including phenoxy) is 6. The highest BCUT2D eigenvalue weighted by Crippen LogP contribution is 2.34. The van der Waals surface area contributed by atoms with Gasteiger partial charge in [0.1, 0.15) is 31.4 Å². The van der Waals surface area contributed by atoms with Crippen LogP contribution in [-0.2, 0) is 78.0 Å². The number of benzene rings is 1. The van der Waals surface area contributed by atoms with Gasteiger partial charge < -0.3 is 91.3 Å². The summed E-state index contributed by atoms with van der Waals surface area (Å²) in [4.78, 5) is 142. The lowest BCUT2D eigenvalue weighted by atomic mass is 9.91. The molecule has 2 aliphatic heterocycles. The Hall–Kier alpha value is -6.95. The highest BCUT2D eigenvalue weighted by molar-refractivity contribution is 8.00. The molecule has 95 heavy (non-hydrogen) atoms. The Morgan fingerprint density at radius 2 is 1.26 bits per heavy atom. The average Bonchev–Trinajstić information content (AvgIpc) is 1.37. The number of carbonyl (C=O) groups excluding carboxylic acids is 10. The third-order valence-corrected chi connectivity index (χ3v) is 17.7. The van der Waals surface area contributed by atoms with Gasteiger partial charge in [0.15, 0.2) is 0 Å². The minimum absolute atomic E-state index is 0.0439. The summed E-state index contributed by atoms with van der Waals surface area (Å²) in [5, 5.41) is 28.5. The van der Waals surface area contributed by atoms with Gasteiger partial charge in [0.25, 0.3) is 0 Å². The Kier molecular flexibility index (Phi) is 39.2. The van der Waals surface area contributed by atoms with Crippen LogP contribution in [0.5, 0.6) is 0 Å². The van der Waals surface area contributed by atoms with Crippen molar-refractivity contribution in [3.8, 4) is 0 Å². The quantitative estimate of drug-likeness (QED) is 0.00624. The molecule has 0 saturated carbocycles. The van der Waals surface area contributed by atoms with Crippen LogP contribution in [0.25, 0.3) is 21.4 Å². The van der Waals surface area contributed by atoms with E-state index < -0.39 is 59.7 Å². The molecule has 0 unspecified atom stereocenters. The van der Waals surface area contributed by atoms with E-state index >= 15 is 0 Å². The van der Waals surface area contributed by atoms with Gasteiger partial charge in [0.2, 0.25) is 53.2 Å². The van der Waals surface area contributed by atoms with Crippen molar-refractivity contribution < 1.29 is 80.8 Å². The number of hydrogen-bond donors (Lipinski definition) is 12. The molecule has 11 amide bonds. The van der Waals surface area contributed by atoms with Crippen LogP contribution in [0.3, 0.4) is 0 Å². The van der Waals surface area contributed by atoms with E-state index in [0.717, 1.165) is 31.1 Å². The van der Waals surface area contributed by atoms with Gasteiger partial charge in [-0.1, -0.05) is 25.4 Å². The van der Waals surface area contributed by atoms with Gasteiger partial charge in [0.05, 0.1) is 91.1 Å². The molecule has 0 bridgehead atoms. The summed E-state index contributed by atoms with van der Waals surface area (Å²) in [5.41, 5.74) is 13.2. The van der Waals surface area contributed by atoms with Gasteiger partial charge in [-0.3, -0.25) is 43.2 Å². The van der Waals surface area contributed by atoms with E-state index in [-0.39, 0.29) is 163 Å². The largest absolute Gasteiger partial charge is 0.423 e. The van der Waals surface area contributed by atoms with Crippen molar-refractivity contribution in [1.29, 1.82) is 0 Å². The Balaban J connectivity index is 1.07. The molecular weight excluding hydrogens is 1300 g/mol. The van der Waals surface area contributed by atoms with Crippen molar-refractivity contribution >= 4 is 113 Å². The first-order chi connectivity index (χ1) is 45.6. The first-order valence-corrected chi connectivity index (χ1v) is 33.8. The van der Waals surface area contributed by atoms with Crippen LogP contribution in [0.2, 0.25) is 0 Å². The summed E-state index contributed by atoms with van der Waals surface area (Å²) in [6, 6.07) is 4.98.